The van der Waals surface area contributed by atoms with Crippen molar-refractivity contribution in [1.82, 2.24) is 0 Å². The molecule has 1 atom stereocenters. The summed E-state index contributed by atoms with van der Waals surface area (Å²) in [4.78, 5) is 0. The average Bonchev–Trinajstić information content (AvgIpc) is 1.68. The fourth-order valence-corrected chi connectivity index (χ4v) is 0.0945. The van der Waals surface area contributed by atoms with Gasteiger partial charge < -0.3 is 0 Å². The molecule has 0 aromatic heterocycles. The Kier molecular flexibility index (Phi) is 2.20. The minimum absolute atomic E-state index is 0.253. The van der Waals surface area contributed by atoms with E-state index in [-0.39, 0.29) is 6.42 Å². The smallest absolute Gasteiger partial charge is 0.136 e. The molecule has 0 aromatic rings. The van der Waals surface area contributed by atoms with Gasteiger partial charge in [-0.3, -0.25) is 0 Å². The summed E-state index contributed by atoms with van der Waals surface area (Å²) in [5.74, 6) is 0. The third-order valence-corrected chi connectivity index (χ3v) is 1.02. The van der Waals surface area contributed by atoms with Gasteiger partial charge in [-0.15, -0.1) is 0 Å². The van der Waals surface area contributed by atoms with E-state index in [4.69, 9.17) is 0 Å². The second-order valence-electron chi connectivity index (χ2n) is 1.90. The van der Waals surface area contributed by atoms with Crippen LogP contribution < -0.4 is 0 Å². The summed E-state index contributed by atoms with van der Waals surface area (Å²) in [6, 6.07) is 0. The predicted molar refractivity (Wildman–Crippen MR) is 25.8 cm³/mol. The summed E-state index contributed by atoms with van der Waals surface area (Å²) in [7, 11) is 0. The first-order valence-corrected chi connectivity index (χ1v) is 2.37. The predicted octanol–water partition coefficient (Wildman–Crippen LogP) is 2.09. The lowest BCUT2D eigenvalue weighted by Crippen LogP contribution is -2.18. The molecule has 44 valence electrons. The maximum absolute atomic E-state index is 12.2. The molecule has 0 aliphatic carbocycles. The van der Waals surface area contributed by atoms with E-state index in [0.29, 0.717) is 0 Å². The van der Waals surface area contributed by atoms with Gasteiger partial charge in [-0.25, -0.2) is 8.78 Å². The van der Waals surface area contributed by atoms with E-state index in [1.807, 2.05) is 0 Å². The van der Waals surface area contributed by atoms with Crippen molar-refractivity contribution in [3.05, 3.63) is 0 Å². The van der Waals surface area contributed by atoms with E-state index in [9.17, 15) is 8.78 Å². The van der Waals surface area contributed by atoms with E-state index in [0.717, 1.165) is 0 Å². The molecule has 0 spiro atoms. The van der Waals surface area contributed by atoms with Gasteiger partial charge in [0, 0.05) is 0 Å². The molecule has 0 bridgehead atoms. The summed E-state index contributed by atoms with van der Waals surface area (Å²) in [6.45, 7) is 2.01. The third kappa shape index (κ3) is 2.54. The van der Waals surface area contributed by atoms with Crippen molar-refractivity contribution in [2.75, 3.05) is 6.67 Å². The zero-order valence-electron chi connectivity index (χ0n) is 4.67. The molecule has 2 heteroatoms. The average molecular weight is 108 g/mol. The van der Waals surface area contributed by atoms with E-state index >= 15 is 0 Å². The summed E-state index contributed by atoms with van der Waals surface area (Å²) >= 11 is 0. The topological polar surface area (TPSA) is 0 Å². The first-order valence-electron chi connectivity index (χ1n) is 2.37. The van der Waals surface area contributed by atoms with Gasteiger partial charge in [-0.2, -0.15) is 0 Å². The highest BCUT2D eigenvalue weighted by molar-refractivity contribution is 4.67. The Morgan fingerprint density at radius 2 is 2.00 bits per heavy atom. The first kappa shape index (κ1) is 6.86. The largest absolute Gasteiger partial charge is 0.248 e. The van der Waals surface area contributed by atoms with E-state index < -0.39 is 12.3 Å². The van der Waals surface area contributed by atoms with Crippen molar-refractivity contribution in [2.45, 2.75) is 25.9 Å². The van der Waals surface area contributed by atoms with E-state index in [1.54, 1.807) is 6.92 Å². The van der Waals surface area contributed by atoms with Gasteiger partial charge in [0.25, 0.3) is 0 Å². The Labute approximate surface area is 42.5 Å². The quantitative estimate of drug-likeness (QED) is 0.508. The van der Waals surface area contributed by atoms with Gasteiger partial charge in [-0.05, 0) is 13.3 Å². The van der Waals surface area contributed by atoms with Crippen molar-refractivity contribution in [3.63, 3.8) is 0 Å². The molecule has 1 unspecified atom stereocenters. The van der Waals surface area contributed by atoms with E-state index in [2.05, 4.69) is 0 Å². The Morgan fingerprint density at radius 1 is 1.57 bits per heavy atom. The molecule has 0 aliphatic rings. The lowest BCUT2D eigenvalue weighted by atomic mass is 10.1. The lowest BCUT2D eigenvalue weighted by molar-refractivity contribution is 0.137. The SMILES string of the molecule is CCC(C)(F)CF. The molecule has 0 aliphatic heterocycles. The zero-order valence-corrected chi connectivity index (χ0v) is 4.67. The van der Waals surface area contributed by atoms with Gasteiger partial charge >= 0.3 is 0 Å². The fraction of sp³-hybridized carbons (Fsp3) is 1.00. The molecule has 7 heavy (non-hydrogen) atoms. The molecule has 0 fully saturated rings. The van der Waals surface area contributed by atoms with Gasteiger partial charge in [0.2, 0.25) is 0 Å². The van der Waals surface area contributed by atoms with Crippen LogP contribution in [0.5, 0.6) is 0 Å². The maximum Gasteiger partial charge on any atom is 0.136 e. The third-order valence-electron chi connectivity index (χ3n) is 1.02. The maximum atomic E-state index is 12.2. The van der Waals surface area contributed by atoms with Gasteiger partial charge in [0.1, 0.15) is 12.3 Å². The molecular weight excluding hydrogens is 98.1 g/mol. The van der Waals surface area contributed by atoms with Crippen LogP contribution in [0, 0.1) is 0 Å². The number of halogens is 2. The molecule has 0 nitrogen and oxygen atoms in total. The molecule has 0 saturated carbocycles. The number of rotatable bonds is 2. The molecule has 0 aromatic carbocycles. The highest BCUT2D eigenvalue weighted by Gasteiger charge is 2.18. The summed E-state index contributed by atoms with van der Waals surface area (Å²) in [5, 5.41) is 0. The molecule has 0 radical (unpaired) electrons. The monoisotopic (exact) mass is 108 g/mol. The Morgan fingerprint density at radius 3 is 2.00 bits per heavy atom. The van der Waals surface area contributed by atoms with Gasteiger partial charge in [-0.1, -0.05) is 6.92 Å². The van der Waals surface area contributed by atoms with Crippen LogP contribution in [-0.2, 0) is 0 Å². The lowest BCUT2D eigenvalue weighted by Gasteiger charge is -2.10. The van der Waals surface area contributed by atoms with Crippen LogP contribution in [0.1, 0.15) is 20.3 Å². The van der Waals surface area contributed by atoms with Crippen molar-refractivity contribution in [2.24, 2.45) is 0 Å². The van der Waals surface area contributed by atoms with Crippen LogP contribution in [0.2, 0.25) is 0 Å². The Hall–Kier alpha value is -0.140. The molecule has 0 amide bonds. The fourth-order valence-electron chi connectivity index (χ4n) is 0.0945. The zero-order chi connectivity index (χ0) is 5.91. The number of hydrogen-bond donors (Lipinski definition) is 0. The first-order chi connectivity index (χ1) is 3.12. The molecular formula is C5H10F2. The molecule has 0 saturated heterocycles. The van der Waals surface area contributed by atoms with Crippen molar-refractivity contribution >= 4 is 0 Å². The molecule has 0 rings (SSSR count). The van der Waals surface area contributed by atoms with Crippen LogP contribution in [-0.4, -0.2) is 12.3 Å². The van der Waals surface area contributed by atoms with Gasteiger partial charge in [0.15, 0.2) is 0 Å². The van der Waals surface area contributed by atoms with Crippen LogP contribution in [0.3, 0.4) is 0 Å². The van der Waals surface area contributed by atoms with Crippen molar-refractivity contribution in [3.8, 4) is 0 Å². The highest BCUT2D eigenvalue weighted by Crippen LogP contribution is 2.13. The van der Waals surface area contributed by atoms with E-state index in [1.165, 1.54) is 6.92 Å². The van der Waals surface area contributed by atoms with Crippen LogP contribution in [0.4, 0.5) is 8.78 Å². The Balaban J connectivity index is 3.36. The Bertz CT molecular complexity index is 44.0. The summed E-state index contributed by atoms with van der Waals surface area (Å²) < 4.78 is 23.6. The molecule has 0 N–H and O–H groups in total. The van der Waals surface area contributed by atoms with Crippen molar-refractivity contribution in [1.29, 1.82) is 0 Å². The minimum atomic E-state index is -1.58. The summed E-state index contributed by atoms with van der Waals surface area (Å²) in [6.07, 6.45) is 0.253. The normalized spacial score (nSPS) is 18.9. The standard InChI is InChI=1S/C5H10F2/c1-3-5(2,7)4-6/h3-4H2,1-2H3. The van der Waals surface area contributed by atoms with Crippen LogP contribution in [0.25, 0.3) is 0 Å². The number of hydrogen-bond acceptors (Lipinski definition) is 0. The van der Waals surface area contributed by atoms with Crippen LogP contribution in [0.15, 0.2) is 0 Å². The van der Waals surface area contributed by atoms with Crippen LogP contribution >= 0.6 is 0 Å². The number of alkyl halides is 2. The summed E-state index contributed by atoms with van der Waals surface area (Å²) in [5.41, 5.74) is -1.58. The minimum Gasteiger partial charge on any atom is -0.248 e. The highest BCUT2D eigenvalue weighted by atomic mass is 19.2. The second-order valence-corrected chi connectivity index (χ2v) is 1.90. The second kappa shape index (κ2) is 2.24. The molecule has 0 heterocycles. The van der Waals surface area contributed by atoms with Gasteiger partial charge in [0.05, 0.1) is 0 Å². The van der Waals surface area contributed by atoms with Crippen molar-refractivity contribution < 1.29 is 8.78 Å².